The lowest BCUT2D eigenvalue weighted by atomic mass is 10.0. The maximum Gasteiger partial charge on any atom is 0.317 e. The van der Waals surface area contributed by atoms with Gasteiger partial charge in [0, 0.05) is 132 Å². The van der Waals surface area contributed by atoms with Crippen molar-refractivity contribution in [1.29, 1.82) is 0 Å². The number of amides is 12. The summed E-state index contributed by atoms with van der Waals surface area (Å²) >= 11 is 0. The van der Waals surface area contributed by atoms with Crippen molar-refractivity contribution in [2.45, 2.75) is 141 Å². The zero-order chi connectivity index (χ0) is 86.0. The number of aliphatic carboxylic acids is 3. The number of hydrogen-bond acceptors (Lipinski definition) is 22. The molecule has 8 atom stereocenters. The van der Waals surface area contributed by atoms with Crippen LogP contribution in [0.1, 0.15) is 89.1 Å². The van der Waals surface area contributed by atoms with Crippen molar-refractivity contribution in [1.82, 2.24) is 87.3 Å². The number of aromatic amines is 2. The minimum Gasteiger partial charge on any atom is -0.480 e. The average Bonchev–Trinajstić information content (AvgIpc) is 1.66. The molecule has 7 rings (SSSR count). The lowest BCUT2D eigenvalue weighted by molar-refractivity contribution is -0.140. The fraction of sp³-hybridized carbons (Fsp3) is 0.519. The molecule has 3 aromatic carbocycles. The lowest BCUT2D eigenvalue weighted by Gasteiger charge is -2.32. The van der Waals surface area contributed by atoms with Gasteiger partial charge >= 0.3 is 17.9 Å². The van der Waals surface area contributed by atoms with Crippen LogP contribution in [0.5, 0.6) is 0 Å². The van der Waals surface area contributed by atoms with Crippen molar-refractivity contribution in [3.63, 3.8) is 0 Å². The number of nitrogens with two attached hydrogens (primary N) is 2. The van der Waals surface area contributed by atoms with E-state index in [-0.39, 0.29) is 116 Å². The van der Waals surface area contributed by atoms with Gasteiger partial charge < -0.3 is 94.7 Å². The summed E-state index contributed by atoms with van der Waals surface area (Å²) in [6.45, 7) is 8.40. The number of hydrogen-bond donors (Lipinski definition) is 17. The molecule has 39 heteroatoms. The molecule has 12 amide bonds. The summed E-state index contributed by atoms with van der Waals surface area (Å²) in [5, 5.41) is 56.3. The zero-order valence-electron chi connectivity index (χ0n) is 67.1. The predicted octanol–water partition coefficient (Wildman–Crippen LogP) is -2.89. The molecule has 0 aliphatic carbocycles. The van der Waals surface area contributed by atoms with Crippen LogP contribution >= 0.6 is 0 Å². The highest BCUT2D eigenvalue weighted by Gasteiger charge is 2.36. The van der Waals surface area contributed by atoms with Crippen molar-refractivity contribution in [2.24, 2.45) is 23.3 Å². The van der Waals surface area contributed by atoms with E-state index in [2.05, 4.69) is 68.1 Å². The monoisotopic (exact) mass is 1640 g/mol. The van der Waals surface area contributed by atoms with E-state index in [0.29, 0.717) is 64.9 Å². The van der Waals surface area contributed by atoms with Gasteiger partial charge in [0.05, 0.1) is 45.1 Å². The molecule has 0 bridgehead atoms. The number of carboxylic acid groups (broad SMARTS) is 3. The maximum absolute atomic E-state index is 14.7. The van der Waals surface area contributed by atoms with Gasteiger partial charge in [0.2, 0.25) is 70.9 Å². The Bertz CT molecular complexity index is 4190. The number of primary amides is 2. The second kappa shape index (κ2) is 47.4. The quantitative estimate of drug-likeness (QED) is 0.0186. The Morgan fingerprint density at radius 2 is 1.08 bits per heavy atom. The van der Waals surface area contributed by atoms with E-state index in [1.165, 1.54) is 19.4 Å². The molecular weight excluding hydrogens is 1530 g/mol. The number of carbonyl (C=O) groups excluding carboxylic acids is 12. The minimum atomic E-state index is -1.59. The molecule has 642 valence electrons. The van der Waals surface area contributed by atoms with Crippen LogP contribution in [0.15, 0.2) is 97.6 Å². The highest BCUT2D eigenvalue weighted by Crippen LogP contribution is 2.22. The van der Waals surface area contributed by atoms with Crippen LogP contribution in [0.2, 0.25) is 0 Å². The van der Waals surface area contributed by atoms with Crippen LogP contribution in [0.4, 0.5) is 5.69 Å². The standard InChI is InChI=1S/C79H112N20O19/c1-48(2)32-56(40-99-23-11-16-63(99)73(81)111)89-77(115)62(35-55-38-82-47-86-55)90-65(101)39-85-79(117)72(49(3)4)94-74(112)50(5)87-76(114)61(34-53-37-83-58-15-10-9-14-57(53)58)93-75(113)59(21-22-64(80)100)92-78(116)60(33-51-12-7-6-8-13-51)91-68(104)46-118-45-67(103)88-54-19-17-52(18-20-54)36-84-66(102)41-95-24-26-96(42-69(105)106)28-30-98(44-71(109)110)31-29-97(27-25-95)43-70(107)108/h6-10,12-15,17-20,37-38,47-50,56,59-63,72,83H,11,16,21-36,39-46H2,1-5H3,(H2,80,100)(H2,81,111)(H,82,86)(H,84,102)(H,85,117)(H,87,114)(H,88,103)(H,89,115)(H,90,101)(H,91,104)(H,92,116)(H,93,113)(H,94,112)(H,105,106)(H,107,108)(H,109,110)/t50-,56-,59-,60+,61-,62-,63?,72-/m0/s1. The van der Waals surface area contributed by atoms with Crippen LogP contribution in [-0.4, -0.2) is 303 Å². The van der Waals surface area contributed by atoms with Gasteiger partial charge in [-0.05, 0) is 85.9 Å². The first-order valence-corrected chi connectivity index (χ1v) is 39.3. The van der Waals surface area contributed by atoms with Gasteiger partial charge in [-0.2, -0.15) is 0 Å². The van der Waals surface area contributed by atoms with Crippen LogP contribution in [0, 0.1) is 11.8 Å². The zero-order valence-corrected chi connectivity index (χ0v) is 67.1. The molecule has 0 spiro atoms. The fourth-order valence-corrected chi connectivity index (χ4v) is 13.7. The smallest absolute Gasteiger partial charge is 0.317 e. The molecule has 39 nitrogen and oxygen atoms in total. The molecule has 19 N–H and O–H groups in total. The summed E-state index contributed by atoms with van der Waals surface area (Å²) in [5.41, 5.74) is 14.6. The van der Waals surface area contributed by atoms with Gasteiger partial charge in [-0.15, -0.1) is 0 Å². The molecule has 118 heavy (non-hydrogen) atoms. The number of carboxylic acids is 3. The third kappa shape index (κ3) is 32.7. The summed E-state index contributed by atoms with van der Waals surface area (Å²) < 4.78 is 5.48. The molecule has 2 aliphatic rings. The minimum absolute atomic E-state index is 0.0000134. The van der Waals surface area contributed by atoms with Crippen molar-refractivity contribution < 1.29 is 92.0 Å². The van der Waals surface area contributed by atoms with Crippen LogP contribution in [0.25, 0.3) is 10.9 Å². The molecule has 2 saturated heterocycles. The number of nitrogens with zero attached hydrogens (tertiary/aromatic N) is 6. The Hall–Kier alpha value is -11.8. The maximum atomic E-state index is 14.7. The lowest BCUT2D eigenvalue weighted by Crippen LogP contribution is -2.60. The SMILES string of the molecule is CC(C)C[C@@H](CN1CCCC1C(N)=O)NC(=O)[C@H](Cc1cnc[nH]1)NC(=O)CNC(=O)[C@@H](NC(=O)[C@H](C)NC(=O)[C@H](Cc1c[nH]c2ccccc12)NC(=O)[C@H](CCC(N)=O)NC(=O)[C@@H](Cc1ccccc1)NC(=O)COCC(=O)Nc1ccc(CNC(=O)CN2CCN(CC(=O)O)CCN(CC(=O)O)CCN(CC(=O)O)CC2)cc1)C(C)C. The van der Waals surface area contributed by atoms with E-state index in [1.54, 1.807) is 119 Å². The number of ether oxygens (including phenoxy) is 1. The number of carbonyl (C=O) groups is 15. The Balaban J connectivity index is 0.940. The highest BCUT2D eigenvalue weighted by atomic mass is 16.5. The number of nitrogens with one attached hydrogen (secondary N) is 12. The molecule has 0 saturated carbocycles. The Morgan fingerprint density at radius 1 is 0.534 bits per heavy atom. The summed E-state index contributed by atoms with van der Waals surface area (Å²) in [4.78, 5) is 218. The van der Waals surface area contributed by atoms with Crippen LogP contribution in [0.3, 0.4) is 0 Å². The van der Waals surface area contributed by atoms with E-state index in [4.69, 9.17) is 16.2 Å². The number of benzene rings is 3. The Kier molecular flexibility index (Phi) is 37.5. The fourth-order valence-electron chi connectivity index (χ4n) is 13.7. The molecule has 2 fully saturated rings. The number of likely N-dealkylation sites (tertiary alicyclic amines) is 1. The second-order valence-corrected chi connectivity index (χ2v) is 30.3. The number of imidazole rings is 1. The van der Waals surface area contributed by atoms with Gasteiger partial charge in [-0.1, -0.05) is 88.4 Å². The second-order valence-electron chi connectivity index (χ2n) is 30.3. The Morgan fingerprint density at radius 3 is 1.67 bits per heavy atom. The van der Waals surface area contributed by atoms with Crippen molar-refractivity contribution in [3.05, 3.63) is 120 Å². The van der Waals surface area contributed by atoms with E-state index in [0.717, 1.165) is 6.42 Å². The van der Waals surface area contributed by atoms with E-state index in [1.807, 2.05) is 18.7 Å². The van der Waals surface area contributed by atoms with E-state index < -0.39 is 170 Å². The molecule has 2 aliphatic heterocycles. The van der Waals surface area contributed by atoms with E-state index >= 15 is 0 Å². The number of aromatic nitrogens is 3. The van der Waals surface area contributed by atoms with Crippen LogP contribution in [-0.2, 0) is 102 Å². The number of fused-ring (bicyclic) bond motifs is 1. The van der Waals surface area contributed by atoms with Gasteiger partial charge in [0.25, 0.3) is 0 Å². The summed E-state index contributed by atoms with van der Waals surface area (Å²) in [6.07, 6.45) is 5.30. The first-order valence-electron chi connectivity index (χ1n) is 39.3. The number of para-hydroxylation sites is 1. The average molecular weight is 1650 g/mol. The Labute approximate surface area is 682 Å². The largest absolute Gasteiger partial charge is 0.480 e. The number of anilines is 1. The van der Waals surface area contributed by atoms with Gasteiger partial charge in [0.15, 0.2) is 0 Å². The topological polar surface area (TPSA) is 559 Å². The summed E-state index contributed by atoms with van der Waals surface area (Å²) in [5.74, 6) is -12.5. The normalized spacial score (nSPS) is 16.5. The van der Waals surface area contributed by atoms with Crippen LogP contribution < -0.4 is 64.6 Å². The number of rotatable bonds is 45. The third-order valence-electron chi connectivity index (χ3n) is 19.8. The van der Waals surface area contributed by atoms with Crippen molar-refractivity contribution in [3.8, 4) is 0 Å². The summed E-state index contributed by atoms with van der Waals surface area (Å²) in [7, 11) is 0. The molecular formula is C79H112N20O19. The van der Waals surface area contributed by atoms with Gasteiger partial charge in [-0.25, -0.2) is 4.98 Å². The first kappa shape index (κ1) is 93.4. The molecule has 1 unspecified atom stereocenters. The van der Waals surface area contributed by atoms with Gasteiger partial charge in [0.1, 0.15) is 49.5 Å². The number of H-pyrrole nitrogens is 2. The molecule has 4 heterocycles. The predicted molar refractivity (Wildman–Crippen MR) is 430 cm³/mol. The first-order chi connectivity index (χ1) is 56.2. The third-order valence-corrected chi connectivity index (χ3v) is 19.8. The molecule has 5 aromatic rings. The van der Waals surface area contributed by atoms with E-state index in [9.17, 15) is 87.2 Å². The highest BCUT2D eigenvalue weighted by molar-refractivity contribution is 5.98. The molecule has 2 aromatic heterocycles. The molecule has 0 radical (unpaired) electrons. The van der Waals surface area contributed by atoms with Gasteiger partial charge in [-0.3, -0.25) is 96.4 Å². The van der Waals surface area contributed by atoms with Crippen molar-refractivity contribution >= 4 is 105 Å². The van der Waals surface area contributed by atoms with Crippen molar-refractivity contribution in [2.75, 3.05) is 117 Å². The summed E-state index contributed by atoms with van der Waals surface area (Å²) in [6, 6.07) is 12.8.